The fourth-order valence-electron chi connectivity index (χ4n) is 2.47. The van der Waals surface area contributed by atoms with Crippen LogP contribution in [0.4, 0.5) is 0 Å². The Balaban J connectivity index is 1.78. The van der Waals surface area contributed by atoms with E-state index in [0.29, 0.717) is 33.0 Å². The molecule has 0 unspecified atom stereocenters. The second-order valence-electron chi connectivity index (χ2n) is 5.77. The summed E-state index contributed by atoms with van der Waals surface area (Å²) in [6.07, 6.45) is 1.81. The Bertz CT molecular complexity index is 1020. The average Bonchev–Trinajstić information content (AvgIpc) is 2.66. The van der Waals surface area contributed by atoms with Crippen LogP contribution in [0.5, 0.6) is 5.75 Å². The SMILES string of the molecule is N#C/C(=C/c1cccc(OCc2ccc(Cl)cc2Cl)c1)c1ccc(Cl)cc1. The van der Waals surface area contributed by atoms with E-state index in [1.807, 2.05) is 48.5 Å². The van der Waals surface area contributed by atoms with E-state index in [1.165, 1.54) is 0 Å². The minimum Gasteiger partial charge on any atom is -0.489 e. The van der Waals surface area contributed by atoms with Crippen LogP contribution in [-0.2, 0) is 6.61 Å². The van der Waals surface area contributed by atoms with Gasteiger partial charge in [0.15, 0.2) is 0 Å². The van der Waals surface area contributed by atoms with E-state index >= 15 is 0 Å². The van der Waals surface area contributed by atoms with Crippen molar-refractivity contribution in [1.82, 2.24) is 0 Å². The zero-order chi connectivity index (χ0) is 19.2. The van der Waals surface area contributed by atoms with E-state index in [1.54, 1.807) is 24.3 Å². The Labute approximate surface area is 173 Å². The molecule has 0 radical (unpaired) electrons. The number of nitriles is 1. The summed E-state index contributed by atoms with van der Waals surface area (Å²) in [6.45, 7) is 0.325. The van der Waals surface area contributed by atoms with Crippen LogP contribution in [0.25, 0.3) is 11.6 Å². The fraction of sp³-hybridized carbons (Fsp3) is 0.0455. The van der Waals surface area contributed by atoms with Crippen LogP contribution in [-0.4, -0.2) is 0 Å². The molecule has 0 atom stereocenters. The molecule has 27 heavy (non-hydrogen) atoms. The summed E-state index contributed by atoms with van der Waals surface area (Å²) in [5.41, 5.74) is 3.06. The number of halogens is 3. The Kier molecular flexibility index (Phi) is 6.42. The highest BCUT2D eigenvalue weighted by Gasteiger charge is 2.05. The number of hydrogen-bond donors (Lipinski definition) is 0. The lowest BCUT2D eigenvalue weighted by Crippen LogP contribution is -1.96. The molecule has 3 aromatic carbocycles. The molecule has 0 N–H and O–H groups in total. The second-order valence-corrected chi connectivity index (χ2v) is 7.05. The molecule has 2 nitrogen and oxygen atoms in total. The minimum absolute atomic E-state index is 0.325. The van der Waals surface area contributed by atoms with Crippen LogP contribution in [0.1, 0.15) is 16.7 Å². The largest absolute Gasteiger partial charge is 0.489 e. The van der Waals surface area contributed by atoms with Gasteiger partial charge in [0.1, 0.15) is 12.4 Å². The van der Waals surface area contributed by atoms with Crippen molar-refractivity contribution >= 4 is 46.5 Å². The maximum absolute atomic E-state index is 9.48. The quantitative estimate of drug-likeness (QED) is 0.324. The van der Waals surface area contributed by atoms with Gasteiger partial charge in [-0.2, -0.15) is 5.26 Å². The predicted octanol–water partition coefficient (Wildman–Crippen LogP) is 7.29. The molecule has 0 aliphatic rings. The zero-order valence-electron chi connectivity index (χ0n) is 14.1. The number of ether oxygens (including phenoxy) is 1. The standard InChI is InChI=1S/C22H14Cl3NO/c23-19-7-4-16(5-8-19)18(13-26)10-15-2-1-3-21(11-15)27-14-17-6-9-20(24)12-22(17)25/h1-12H,14H2/b18-10-. The summed E-state index contributed by atoms with van der Waals surface area (Å²) in [6, 6.07) is 22.2. The Morgan fingerprint density at radius 2 is 1.67 bits per heavy atom. The lowest BCUT2D eigenvalue weighted by molar-refractivity contribution is 0.306. The van der Waals surface area contributed by atoms with Crippen molar-refractivity contribution in [2.45, 2.75) is 6.61 Å². The summed E-state index contributed by atoms with van der Waals surface area (Å²) in [7, 11) is 0. The van der Waals surface area contributed by atoms with Crippen molar-refractivity contribution < 1.29 is 4.74 Å². The first-order valence-corrected chi connectivity index (χ1v) is 9.23. The molecular weight excluding hydrogens is 401 g/mol. The highest BCUT2D eigenvalue weighted by Crippen LogP contribution is 2.25. The molecule has 0 saturated carbocycles. The van der Waals surface area contributed by atoms with Gasteiger partial charge in [-0.1, -0.05) is 65.1 Å². The highest BCUT2D eigenvalue weighted by atomic mass is 35.5. The molecule has 3 aromatic rings. The van der Waals surface area contributed by atoms with Crippen LogP contribution in [0.2, 0.25) is 15.1 Å². The molecule has 3 rings (SSSR count). The Hall–Kier alpha value is -2.44. The van der Waals surface area contributed by atoms with Crippen LogP contribution in [0.15, 0.2) is 66.7 Å². The number of nitrogens with zero attached hydrogens (tertiary/aromatic N) is 1. The van der Waals surface area contributed by atoms with Crippen molar-refractivity contribution in [3.63, 3.8) is 0 Å². The van der Waals surface area contributed by atoms with E-state index in [2.05, 4.69) is 6.07 Å². The van der Waals surface area contributed by atoms with Crippen molar-refractivity contribution in [3.8, 4) is 11.8 Å². The van der Waals surface area contributed by atoms with Gasteiger partial charge in [-0.25, -0.2) is 0 Å². The van der Waals surface area contributed by atoms with Gasteiger partial charge in [0.2, 0.25) is 0 Å². The predicted molar refractivity (Wildman–Crippen MR) is 112 cm³/mol. The van der Waals surface area contributed by atoms with Crippen LogP contribution in [0.3, 0.4) is 0 Å². The number of benzene rings is 3. The van der Waals surface area contributed by atoms with Gasteiger partial charge in [0.25, 0.3) is 0 Å². The van der Waals surface area contributed by atoms with E-state index in [-0.39, 0.29) is 0 Å². The van der Waals surface area contributed by atoms with Crippen molar-refractivity contribution in [2.24, 2.45) is 0 Å². The molecule has 0 aliphatic carbocycles. The normalized spacial score (nSPS) is 11.1. The van der Waals surface area contributed by atoms with E-state index < -0.39 is 0 Å². The maximum Gasteiger partial charge on any atom is 0.120 e. The lowest BCUT2D eigenvalue weighted by Gasteiger charge is -2.09. The first kappa shape index (κ1) is 19.3. The van der Waals surface area contributed by atoms with E-state index in [4.69, 9.17) is 39.5 Å². The first-order chi connectivity index (χ1) is 13.0. The molecule has 0 fully saturated rings. The van der Waals surface area contributed by atoms with Gasteiger partial charge in [-0.05, 0) is 53.6 Å². The molecular formula is C22H14Cl3NO. The summed E-state index contributed by atoms with van der Waals surface area (Å²) in [5, 5.41) is 11.3. The number of allylic oxidation sites excluding steroid dienone is 1. The van der Waals surface area contributed by atoms with Crippen LogP contribution in [0, 0.1) is 11.3 Å². The first-order valence-electron chi connectivity index (χ1n) is 8.10. The topological polar surface area (TPSA) is 33.0 Å². The minimum atomic E-state index is 0.325. The van der Waals surface area contributed by atoms with Gasteiger partial charge in [0, 0.05) is 20.6 Å². The van der Waals surface area contributed by atoms with E-state index in [0.717, 1.165) is 16.7 Å². The molecule has 0 amide bonds. The molecule has 0 aromatic heterocycles. The summed E-state index contributed by atoms with van der Waals surface area (Å²) < 4.78 is 5.83. The maximum atomic E-state index is 9.48. The highest BCUT2D eigenvalue weighted by molar-refractivity contribution is 6.35. The second kappa shape index (κ2) is 8.97. The molecule has 5 heteroatoms. The zero-order valence-corrected chi connectivity index (χ0v) is 16.4. The third-order valence-electron chi connectivity index (χ3n) is 3.85. The fourth-order valence-corrected chi connectivity index (χ4v) is 3.06. The molecule has 0 spiro atoms. The number of hydrogen-bond acceptors (Lipinski definition) is 2. The third-order valence-corrected chi connectivity index (χ3v) is 4.69. The van der Waals surface area contributed by atoms with Crippen molar-refractivity contribution in [2.75, 3.05) is 0 Å². The third kappa shape index (κ3) is 5.28. The van der Waals surface area contributed by atoms with Gasteiger partial charge in [0.05, 0.1) is 11.6 Å². The van der Waals surface area contributed by atoms with Crippen molar-refractivity contribution in [3.05, 3.63) is 98.5 Å². The molecule has 0 aliphatic heterocycles. The van der Waals surface area contributed by atoms with Gasteiger partial charge >= 0.3 is 0 Å². The van der Waals surface area contributed by atoms with Crippen molar-refractivity contribution in [1.29, 1.82) is 5.26 Å². The smallest absolute Gasteiger partial charge is 0.120 e. The molecule has 0 saturated heterocycles. The van der Waals surface area contributed by atoms with Gasteiger partial charge in [-0.3, -0.25) is 0 Å². The summed E-state index contributed by atoms with van der Waals surface area (Å²) in [5.74, 6) is 0.683. The average molecular weight is 415 g/mol. The molecule has 0 heterocycles. The van der Waals surface area contributed by atoms with Gasteiger partial charge in [-0.15, -0.1) is 0 Å². The monoisotopic (exact) mass is 413 g/mol. The number of rotatable bonds is 5. The van der Waals surface area contributed by atoms with Crippen LogP contribution < -0.4 is 4.74 Å². The van der Waals surface area contributed by atoms with Gasteiger partial charge < -0.3 is 4.74 Å². The van der Waals surface area contributed by atoms with Crippen LogP contribution >= 0.6 is 34.8 Å². The Morgan fingerprint density at radius 1 is 0.926 bits per heavy atom. The molecule has 0 bridgehead atoms. The Morgan fingerprint density at radius 3 is 2.37 bits per heavy atom. The lowest BCUT2D eigenvalue weighted by atomic mass is 10.0. The summed E-state index contributed by atoms with van der Waals surface area (Å²) >= 11 is 18.0. The summed E-state index contributed by atoms with van der Waals surface area (Å²) in [4.78, 5) is 0. The molecule has 134 valence electrons. The van der Waals surface area contributed by atoms with E-state index in [9.17, 15) is 5.26 Å².